The summed E-state index contributed by atoms with van der Waals surface area (Å²) in [6.07, 6.45) is 0.330. The van der Waals surface area contributed by atoms with E-state index in [1.54, 1.807) is 42.5 Å². The van der Waals surface area contributed by atoms with Crippen molar-refractivity contribution in [1.82, 2.24) is 5.32 Å². The van der Waals surface area contributed by atoms with Crippen LogP contribution in [-0.4, -0.2) is 29.0 Å². The van der Waals surface area contributed by atoms with Gasteiger partial charge in [-0.25, -0.2) is 0 Å². The van der Waals surface area contributed by atoms with E-state index in [1.165, 1.54) is 30.0 Å². The molecule has 2 aromatic rings. The number of nitrogens with one attached hydrogen (secondary N) is 1. The van der Waals surface area contributed by atoms with Gasteiger partial charge < -0.3 is 14.6 Å². The van der Waals surface area contributed by atoms with E-state index >= 15 is 0 Å². The minimum atomic E-state index is -1.33. The summed E-state index contributed by atoms with van der Waals surface area (Å²) in [6.45, 7) is 1.36. The monoisotopic (exact) mass is 395 g/mol. The van der Waals surface area contributed by atoms with Crippen LogP contribution in [0.2, 0.25) is 0 Å². The van der Waals surface area contributed by atoms with Crippen LogP contribution in [0.1, 0.15) is 12.5 Å². The van der Waals surface area contributed by atoms with E-state index in [1.807, 2.05) is 0 Å². The number of anilines is 1. The highest BCUT2D eigenvalue weighted by molar-refractivity contribution is 7.80. The SMILES string of the molecule is C[C@@H](Oc1ccc(/C=C2\C(=O)NC(=S)N(c3ccccc3)C2=O)cc1)C(=O)[O-]. The summed E-state index contributed by atoms with van der Waals surface area (Å²) in [5.41, 5.74) is 1.03. The predicted octanol–water partition coefficient (Wildman–Crippen LogP) is 1.04. The summed E-state index contributed by atoms with van der Waals surface area (Å²) in [6, 6.07) is 15.0. The molecule has 1 atom stereocenters. The van der Waals surface area contributed by atoms with Gasteiger partial charge in [0.15, 0.2) is 5.11 Å². The maximum atomic E-state index is 12.9. The lowest BCUT2D eigenvalue weighted by Gasteiger charge is -2.28. The smallest absolute Gasteiger partial charge is 0.270 e. The molecule has 28 heavy (non-hydrogen) atoms. The number of nitrogens with zero attached hydrogens (tertiary/aromatic N) is 1. The van der Waals surface area contributed by atoms with Gasteiger partial charge >= 0.3 is 0 Å². The fourth-order valence-corrected chi connectivity index (χ4v) is 2.81. The van der Waals surface area contributed by atoms with Crippen molar-refractivity contribution in [1.29, 1.82) is 0 Å². The van der Waals surface area contributed by atoms with Gasteiger partial charge in [-0.05, 0) is 55.0 Å². The molecule has 0 aromatic heterocycles. The lowest BCUT2D eigenvalue weighted by atomic mass is 10.1. The number of benzene rings is 2. The number of carbonyl (C=O) groups is 3. The maximum Gasteiger partial charge on any atom is 0.270 e. The third-order valence-electron chi connectivity index (χ3n) is 3.95. The van der Waals surface area contributed by atoms with Crippen molar-refractivity contribution in [3.63, 3.8) is 0 Å². The molecule has 2 amide bonds. The van der Waals surface area contributed by atoms with Gasteiger partial charge in [0.25, 0.3) is 11.8 Å². The molecule has 0 spiro atoms. The summed E-state index contributed by atoms with van der Waals surface area (Å²) in [5.74, 6) is -2.13. The second-order valence-electron chi connectivity index (χ2n) is 5.94. The second-order valence-corrected chi connectivity index (χ2v) is 6.33. The van der Waals surface area contributed by atoms with Gasteiger partial charge in [-0.15, -0.1) is 0 Å². The lowest BCUT2D eigenvalue weighted by molar-refractivity contribution is -0.312. The van der Waals surface area contributed by atoms with Crippen LogP contribution in [0, 0.1) is 0 Å². The first-order valence-corrected chi connectivity index (χ1v) is 8.71. The highest BCUT2D eigenvalue weighted by Crippen LogP contribution is 2.22. The topological polar surface area (TPSA) is 98.8 Å². The summed E-state index contributed by atoms with van der Waals surface area (Å²) < 4.78 is 5.20. The molecule has 1 heterocycles. The Hall–Kier alpha value is -3.52. The largest absolute Gasteiger partial charge is 0.546 e. The fraction of sp³-hybridized carbons (Fsp3) is 0.100. The zero-order valence-corrected chi connectivity index (χ0v) is 15.6. The highest BCUT2D eigenvalue weighted by atomic mass is 32.1. The van der Waals surface area contributed by atoms with Crippen molar-refractivity contribution < 1.29 is 24.2 Å². The summed E-state index contributed by atoms with van der Waals surface area (Å²) in [7, 11) is 0. The van der Waals surface area contributed by atoms with Gasteiger partial charge in [0.05, 0.1) is 11.7 Å². The Balaban J connectivity index is 1.86. The molecule has 0 radical (unpaired) electrons. The molecule has 0 saturated carbocycles. The van der Waals surface area contributed by atoms with Crippen LogP contribution in [-0.2, 0) is 14.4 Å². The molecule has 1 aliphatic heterocycles. The minimum Gasteiger partial charge on any atom is -0.546 e. The van der Waals surface area contributed by atoms with E-state index in [-0.39, 0.29) is 10.7 Å². The van der Waals surface area contributed by atoms with E-state index in [0.29, 0.717) is 17.0 Å². The fourth-order valence-electron chi connectivity index (χ4n) is 2.53. The van der Waals surface area contributed by atoms with Crippen LogP contribution in [0.5, 0.6) is 5.75 Å². The number of carboxylic acid groups (broad SMARTS) is 1. The van der Waals surface area contributed by atoms with E-state index in [4.69, 9.17) is 17.0 Å². The number of hydrogen-bond acceptors (Lipinski definition) is 6. The molecular formula is C20H15N2O5S-. The number of thiocarbonyl (C=S) groups is 1. The van der Waals surface area contributed by atoms with Gasteiger partial charge in [0, 0.05) is 0 Å². The molecule has 8 heteroatoms. The molecule has 1 saturated heterocycles. The number of hydrogen-bond donors (Lipinski definition) is 1. The molecule has 0 unspecified atom stereocenters. The van der Waals surface area contributed by atoms with Crippen LogP contribution >= 0.6 is 12.2 Å². The standard InChI is InChI=1S/C20H16N2O5S/c1-12(19(25)26)27-15-9-7-13(8-10-15)11-16-17(23)21-20(28)22(18(16)24)14-5-3-2-4-6-14/h2-12H,1H3,(H,25,26)(H,21,23,28)/p-1/b16-11+/t12-/m1/s1. The molecule has 0 bridgehead atoms. The van der Waals surface area contributed by atoms with Gasteiger partial charge in [-0.3, -0.25) is 19.8 Å². The van der Waals surface area contributed by atoms with Crippen LogP contribution in [0.4, 0.5) is 5.69 Å². The third-order valence-corrected chi connectivity index (χ3v) is 4.24. The van der Waals surface area contributed by atoms with Gasteiger partial charge in [0.2, 0.25) is 0 Å². The van der Waals surface area contributed by atoms with Crippen LogP contribution < -0.4 is 20.1 Å². The number of ether oxygens (including phenoxy) is 1. The molecule has 0 aliphatic carbocycles. The average Bonchev–Trinajstić information content (AvgIpc) is 2.67. The number of rotatable bonds is 5. The third kappa shape index (κ3) is 4.07. The zero-order chi connectivity index (χ0) is 20.3. The Morgan fingerprint density at radius 2 is 1.79 bits per heavy atom. The average molecular weight is 395 g/mol. The van der Waals surface area contributed by atoms with E-state index in [2.05, 4.69) is 5.32 Å². The van der Waals surface area contributed by atoms with Crippen molar-refractivity contribution in [2.45, 2.75) is 13.0 Å². The Morgan fingerprint density at radius 3 is 2.39 bits per heavy atom. The number of aliphatic carboxylic acids is 1. The molecule has 7 nitrogen and oxygen atoms in total. The Labute approximate surface area is 166 Å². The predicted molar refractivity (Wildman–Crippen MR) is 104 cm³/mol. The lowest BCUT2D eigenvalue weighted by Crippen LogP contribution is -2.54. The molecular weight excluding hydrogens is 380 g/mol. The van der Waals surface area contributed by atoms with Crippen LogP contribution in [0.15, 0.2) is 60.2 Å². The normalized spacial score (nSPS) is 16.7. The van der Waals surface area contributed by atoms with Crippen molar-refractivity contribution in [2.75, 3.05) is 4.90 Å². The van der Waals surface area contributed by atoms with Crippen molar-refractivity contribution in [2.24, 2.45) is 0 Å². The molecule has 3 rings (SSSR count). The van der Waals surface area contributed by atoms with Gasteiger partial charge in [-0.2, -0.15) is 0 Å². The number of para-hydroxylation sites is 1. The van der Waals surface area contributed by atoms with E-state index in [9.17, 15) is 19.5 Å². The second kappa shape index (κ2) is 8.01. The molecule has 1 N–H and O–H groups in total. The first-order valence-electron chi connectivity index (χ1n) is 8.31. The minimum absolute atomic E-state index is 0.0124. The Morgan fingerprint density at radius 1 is 1.14 bits per heavy atom. The van der Waals surface area contributed by atoms with Crippen molar-refractivity contribution in [3.8, 4) is 5.75 Å². The first kappa shape index (κ1) is 19.2. The summed E-state index contributed by atoms with van der Waals surface area (Å²) >= 11 is 5.14. The van der Waals surface area contributed by atoms with Crippen LogP contribution in [0.3, 0.4) is 0 Å². The molecule has 2 aromatic carbocycles. The Bertz CT molecular complexity index is 970. The number of carbonyl (C=O) groups excluding carboxylic acids is 3. The molecule has 142 valence electrons. The maximum absolute atomic E-state index is 12.9. The van der Waals surface area contributed by atoms with Crippen molar-refractivity contribution in [3.05, 3.63) is 65.7 Å². The van der Waals surface area contributed by atoms with Gasteiger partial charge in [-0.1, -0.05) is 30.3 Å². The summed E-state index contributed by atoms with van der Waals surface area (Å²) in [4.78, 5) is 37.1. The van der Waals surface area contributed by atoms with Crippen molar-refractivity contribution >= 4 is 46.9 Å². The molecule has 1 aliphatic rings. The zero-order valence-electron chi connectivity index (χ0n) is 14.7. The van der Waals surface area contributed by atoms with Crippen LogP contribution in [0.25, 0.3) is 6.08 Å². The van der Waals surface area contributed by atoms with Gasteiger partial charge in [0.1, 0.15) is 17.4 Å². The van der Waals surface area contributed by atoms with E-state index in [0.717, 1.165) is 0 Å². The van der Waals surface area contributed by atoms with E-state index < -0.39 is 23.9 Å². The summed E-state index contributed by atoms with van der Waals surface area (Å²) in [5, 5.41) is 13.3. The quantitative estimate of drug-likeness (QED) is 0.461. The number of carboxylic acids is 1. The molecule has 1 fully saturated rings. The highest BCUT2D eigenvalue weighted by Gasteiger charge is 2.34. The number of amides is 2. The Kier molecular flexibility index (Phi) is 5.51. The first-order chi connectivity index (χ1) is 13.4.